The topological polar surface area (TPSA) is 0 Å². The quantitative estimate of drug-likeness (QED) is 0.445. The standard InChI is InChI=1S/C16H24.C2H6/c1-15-11-9-7-5-3-4-6-8-10-12-16(2)14-13-15;1-2/h3,5,8,10-11,13-14,16H,4,6-7,9,12H2,1-2H3;1-2H3/b5-3+,10-8+,14-13-,15-11-;. The lowest BCUT2D eigenvalue weighted by molar-refractivity contribution is 0.741. The van der Waals surface area contributed by atoms with Crippen LogP contribution in [0.2, 0.25) is 0 Å². The first kappa shape index (κ1) is 17.0. The molecule has 102 valence electrons. The molecule has 0 heterocycles. The Morgan fingerprint density at radius 2 is 1.44 bits per heavy atom. The van der Waals surface area contributed by atoms with Gasteiger partial charge in [-0.15, -0.1) is 0 Å². The maximum Gasteiger partial charge on any atom is -0.0224 e. The van der Waals surface area contributed by atoms with Crippen molar-refractivity contribution in [3.63, 3.8) is 0 Å². The molecule has 0 N–H and O–H groups in total. The van der Waals surface area contributed by atoms with Crippen LogP contribution in [0.1, 0.15) is 59.8 Å². The average molecular weight is 246 g/mol. The van der Waals surface area contributed by atoms with E-state index in [9.17, 15) is 0 Å². The lowest BCUT2D eigenvalue weighted by Gasteiger charge is -2.02. The predicted molar refractivity (Wildman–Crippen MR) is 84.8 cm³/mol. The fourth-order valence-corrected chi connectivity index (χ4v) is 1.73. The van der Waals surface area contributed by atoms with E-state index < -0.39 is 0 Å². The van der Waals surface area contributed by atoms with Crippen molar-refractivity contribution in [1.29, 1.82) is 0 Å². The zero-order valence-corrected chi connectivity index (χ0v) is 12.7. The monoisotopic (exact) mass is 246 g/mol. The molecule has 0 fully saturated rings. The van der Waals surface area contributed by atoms with E-state index >= 15 is 0 Å². The highest BCUT2D eigenvalue weighted by molar-refractivity contribution is 5.17. The minimum atomic E-state index is 0.651. The molecular formula is C18H30. The SMILES string of the molecule is CC.CC1=C/CC/C=C/CC/C=C/CC(C)/C=C\1. The maximum absolute atomic E-state index is 2.33. The molecule has 0 nitrogen and oxygen atoms in total. The Kier molecular flexibility index (Phi) is 11.7. The molecule has 0 saturated carbocycles. The summed E-state index contributed by atoms with van der Waals surface area (Å²) in [6, 6.07) is 0. The second-order valence-electron chi connectivity index (χ2n) is 4.62. The van der Waals surface area contributed by atoms with Gasteiger partial charge in [-0.3, -0.25) is 0 Å². The van der Waals surface area contributed by atoms with Crippen molar-refractivity contribution in [1.82, 2.24) is 0 Å². The van der Waals surface area contributed by atoms with E-state index in [1.807, 2.05) is 13.8 Å². The van der Waals surface area contributed by atoms with E-state index in [1.165, 1.54) is 24.8 Å². The highest BCUT2D eigenvalue weighted by Gasteiger charge is 1.93. The van der Waals surface area contributed by atoms with Gasteiger partial charge in [-0.25, -0.2) is 0 Å². The third-order valence-electron chi connectivity index (χ3n) is 2.83. The smallest absolute Gasteiger partial charge is 0.0224 e. The van der Waals surface area contributed by atoms with Crippen LogP contribution in [0, 0.1) is 5.92 Å². The minimum absolute atomic E-state index is 0.651. The van der Waals surface area contributed by atoms with Crippen LogP contribution in [-0.2, 0) is 0 Å². The van der Waals surface area contributed by atoms with Crippen LogP contribution in [0.4, 0.5) is 0 Å². The lowest BCUT2D eigenvalue weighted by atomic mass is 10.0. The lowest BCUT2D eigenvalue weighted by Crippen LogP contribution is -1.86. The zero-order chi connectivity index (χ0) is 13.6. The number of rotatable bonds is 0. The molecular weight excluding hydrogens is 216 g/mol. The summed E-state index contributed by atoms with van der Waals surface area (Å²) in [5, 5.41) is 0. The third kappa shape index (κ3) is 10.1. The molecule has 0 radical (unpaired) electrons. The van der Waals surface area contributed by atoms with Crippen molar-refractivity contribution in [3.8, 4) is 0 Å². The Morgan fingerprint density at radius 1 is 0.889 bits per heavy atom. The largest absolute Gasteiger partial charge is 0.0882 e. The zero-order valence-electron chi connectivity index (χ0n) is 12.7. The molecule has 0 saturated heterocycles. The molecule has 1 rings (SSSR count). The van der Waals surface area contributed by atoms with E-state index in [0.717, 1.165) is 12.8 Å². The summed E-state index contributed by atoms with van der Waals surface area (Å²) in [6.45, 7) is 8.47. The first-order valence-corrected chi connectivity index (χ1v) is 7.44. The van der Waals surface area contributed by atoms with Gasteiger partial charge in [0.2, 0.25) is 0 Å². The van der Waals surface area contributed by atoms with Gasteiger partial charge in [-0.05, 0) is 44.9 Å². The molecule has 0 aromatic rings. The van der Waals surface area contributed by atoms with Gasteiger partial charge in [-0.1, -0.05) is 68.9 Å². The molecule has 18 heavy (non-hydrogen) atoms. The van der Waals surface area contributed by atoms with E-state index in [2.05, 4.69) is 56.4 Å². The van der Waals surface area contributed by atoms with Gasteiger partial charge in [0.25, 0.3) is 0 Å². The number of hydrogen-bond acceptors (Lipinski definition) is 0. The summed E-state index contributed by atoms with van der Waals surface area (Å²) in [7, 11) is 0. The normalized spacial score (nSPS) is 29.8. The van der Waals surface area contributed by atoms with Gasteiger partial charge in [0.15, 0.2) is 0 Å². The summed E-state index contributed by atoms with van der Waals surface area (Å²) in [4.78, 5) is 0. The summed E-state index contributed by atoms with van der Waals surface area (Å²) in [6.07, 6.45) is 22.0. The first-order chi connectivity index (χ1) is 8.79. The van der Waals surface area contributed by atoms with Gasteiger partial charge in [0.05, 0.1) is 0 Å². The molecule has 0 aliphatic heterocycles. The van der Waals surface area contributed by atoms with Crippen LogP contribution in [0.5, 0.6) is 0 Å². The molecule has 1 aliphatic carbocycles. The molecule has 0 heteroatoms. The first-order valence-electron chi connectivity index (χ1n) is 7.44. The minimum Gasteiger partial charge on any atom is -0.0882 e. The van der Waals surface area contributed by atoms with Gasteiger partial charge in [-0.2, -0.15) is 0 Å². The Labute approximate surface area is 114 Å². The Hall–Kier alpha value is -1.04. The third-order valence-corrected chi connectivity index (χ3v) is 2.83. The highest BCUT2D eigenvalue weighted by Crippen LogP contribution is 2.10. The van der Waals surface area contributed by atoms with Gasteiger partial charge in [0.1, 0.15) is 0 Å². The van der Waals surface area contributed by atoms with E-state index in [1.54, 1.807) is 0 Å². The van der Waals surface area contributed by atoms with Crippen LogP contribution in [0.25, 0.3) is 0 Å². The van der Waals surface area contributed by atoms with E-state index in [-0.39, 0.29) is 0 Å². The molecule has 0 aromatic carbocycles. The number of allylic oxidation sites excluding steroid dienone is 8. The Balaban J connectivity index is 0.00000137. The fourth-order valence-electron chi connectivity index (χ4n) is 1.73. The summed E-state index contributed by atoms with van der Waals surface area (Å²) >= 11 is 0. The van der Waals surface area contributed by atoms with Crippen molar-refractivity contribution in [3.05, 3.63) is 48.1 Å². The van der Waals surface area contributed by atoms with Crippen LogP contribution in [0.15, 0.2) is 48.1 Å². The Morgan fingerprint density at radius 3 is 2.11 bits per heavy atom. The van der Waals surface area contributed by atoms with Crippen LogP contribution >= 0.6 is 0 Å². The van der Waals surface area contributed by atoms with Crippen LogP contribution < -0.4 is 0 Å². The molecule has 1 aliphatic rings. The van der Waals surface area contributed by atoms with Crippen molar-refractivity contribution >= 4 is 0 Å². The maximum atomic E-state index is 2.33. The van der Waals surface area contributed by atoms with Gasteiger partial charge in [0, 0.05) is 0 Å². The van der Waals surface area contributed by atoms with E-state index in [0.29, 0.717) is 5.92 Å². The molecule has 0 aromatic heterocycles. The molecule has 0 bridgehead atoms. The second kappa shape index (κ2) is 12.4. The van der Waals surface area contributed by atoms with Crippen molar-refractivity contribution in [2.75, 3.05) is 0 Å². The fraction of sp³-hybridized carbons (Fsp3) is 0.556. The highest BCUT2D eigenvalue weighted by atomic mass is 14.0. The van der Waals surface area contributed by atoms with Crippen molar-refractivity contribution < 1.29 is 0 Å². The summed E-state index contributed by atoms with van der Waals surface area (Å²) < 4.78 is 0. The average Bonchev–Trinajstić information content (AvgIpc) is 2.40. The predicted octanol–water partition coefficient (Wildman–Crippen LogP) is 6.23. The number of hydrogen-bond donors (Lipinski definition) is 0. The van der Waals surface area contributed by atoms with Crippen LogP contribution in [0.3, 0.4) is 0 Å². The molecule has 0 amide bonds. The summed E-state index contributed by atoms with van der Waals surface area (Å²) in [5.41, 5.74) is 1.39. The second-order valence-corrected chi connectivity index (χ2v) is 4.62. The van der Waals surface area contributed by atoms with Crippen molar-refractivity contribution in [2.45, 2.75) is 59.8 Å². The van der Waals surface area contributed by atoms with Gasteiger partial charge >= 0.3 is 0 Å². The summed E-state index contributed by atoms with van der Waals surface area (Å²) in [5.74, 6) is 0.651. The van der Waals surface area contributed by atoms with Crippen LogP contribution in [-0.4, -0.2) is 0 Å². The molecule has 1 unspecified atom stereocenters. The van der Waals surface area contributed by atoms with E-state index in [4.69, 9.17) is 0 Å². The van der Waals surface area contributed by atoms with Crippen molar-refractivity contribution in [2.24, 2.45) is 5.92 Å². The van der Waals surface area contributed by atoms with Gasteiger partial charge < -0.3 is 0 Å². The molecule has 1 atom stereocenters. The molecule has 0 spiro atoms. The Bertz CT molecular complexity index is 289.